The third kappa shape index (κ3) is 3.25. The number of benzene rings is 2. The minimum absolute atomic E-state index is 0.244. The Morgan fingerprint density at radius 1 is 1.00 bits per heavy atom. The molecule has 20 heavy (non-hydrogen) atoms. The van der Waals surface area contributed by atoms with Crippen LogP contribution in [-0.4, -0.2) is 17.9 Å². The first kappa shape index (κ1) is 14.3. The number of Topliss-reactive ketones (excluding diaryl/α,β-unsaturated/α-hetero) is 1. The lowest BCUT2D eigenvalue weighted by Gasteiger charge is -2.12. The molecule has 0 aliphatic rings. The number of carbonyl (C=O) groups excluding carboxylic acids is 2. The zero-order chi connectivity index (χ0) is 14.5. The summed E-state index contributed by atoms with van der Waals surface area (Å²) >= 11 is 5.91. The lowest BCUT2D eigenvalue weighted by molar-refractivity contribution is 0.0319. The fourth-order valence-electron chi connectivity index (χ4n) is 1.74. The fourth-order valence-corrected chi connectivity index (χ4v) is 1.95. The van der Waals surface area contributed by atoms with Gasteiger partial charge in [-0.05, 0) is 19.1 Å². The number of halogens is 1. The van der Waals surface area contributed by atoms with Crippen molar-refractivity contribution in [2.45, 2.75) is 13.0 Å². The lowest BCUT2D eigenvalue weighted by Crippen LogP contribution is -2.24. The average molecular weight is 289 g/mol. The van der Waals surface area contributed by atoms with E-state index < -0.39 is 12.1 Å². The molecule has 4 heteroatoms. The second kappa shape index (κ2) is 6.35. The second-order valence-electron chi connectivity index (χ2n) is 4.26. The first-order valence-corrected chi connectivity index (χ1v) is 6.52. The highest BCUT2D eigenvalue weighted by atomic mass is 35.5. The predicted molar refractivity (Wildman–Crippen MR) is 77.1 cm³/mol. The van der Waals surface area contributed by atoms with Crippen LogP contribution in [0.15, 0.2) is 54.6 Å². The van der Waals surface area contributed by atoms with Gasteiger partial charge in [0, 0.05) is 5.56 Å². The van der Waals surface area contributed by atoms with E-state index >= 15 is 0 Å². The van der Waals surface area contributed by atoms with Crippen LogP contribution in [0.5, 0.6) is 0 Å². The molecule has 0 N–H and O–H groups in total. The monoisotopic (exact) mass is 288 g/mol. The van der Waals surface area contributed by atoms with Crippen LogP contribution in [-0.2, 0) is 4.74 Å². The summed E-state index contributed by atoms with van der Waals surface area (Å²) in [5.74, 6) is -0.849. The van der Waals surface area contributed by atoms with Crippen LogP contribution in [0.2, 0.25) is 5.02 Å². The normalized spacial score (nSPS) is 11.7. The van der Waals surface area contributed by atoms with Crippen LogP contribution in [0.3, 0.4) is 0 Å². The molecule has 0 aromatic heterocycles. The average Bonchev–Trinajstić information content (AvgIpc) is 2.47. The topological polar surface area (TPSA) is 43.4 Å². The van der Waals surface area contributed by atoms with Gasteiger partial charge in [0.2, 0.25) is 5.78 Å². The highest BCUT2D eigenvalue weighted by molar-refractivity contribution is 6.33. The van der Waals surface area contributed by atoms with Crippen molar-refractivity contribution >= 4 is 23.4 Å². The van der Waals surface area contributed by atoms with Crippen molar-refractivity contribution in [1.29, 1.82) is 0 Å². The van der Waals surface area contributed by atoms with E-state index in [2.05, 4.69) is 0 Å². The van der Waals surface area contributed by atoms with Crippen molar-refractivity contribution in [3.05, 3.63) is 70.7 Å². The molecule has 0 saturated carbocycles. The number of esters is 1. The molecule has 0 bridgehead atoms. The number of hydrogen-bond donors (Lipinski definition) is 0. The van der Waals surface area contributed by atoms with Crippen LogP contribution >= 0.6 is 11.6 Å². The minimum Gasteiger partial charge on any atom is -0.451 e. The summed E-state index contributed by atoms with van der Waals surface area (Å²) in [7, 11) is 0. The first-order valence-electron chi connectivity index (χ1n) is 6.14. The summed E-state index contributed by atoms with van der Waals surface area (Å²) in [5.41, 5.74) is 0.758. The maximum absolute atomic E-state index is 12.1. The van der Waals surface area contributed by atoms with Gasteiger partial charge in [0.05, 0.1) is 10.6 Å². The summed E-state index contributed by atoms with van der Waals surface area (Å²) in [6, 6.07) is 15.3. The molecule has 0 fully saturated rings. The maximum atomic E-state index is 12.1. The van der Waals surface area contributed by atoms with E-state index in [0.717, 1.165) is 0 Å². The molecule has 0 aliphatic carbocycles. The largest absolute Gasteiger partial charge is 0.451 e. The van der Waals surface area contributed by atoms with Gasteiger partial charge in [0.1, 0.15) is 0 Å². The zero-order valence-corrected chi connectivity index (χ0v) is 11.6. The van der Waals surface area contributed by atoms with Gasteiger partial charge in [0.15, 0.2) is 6.10 Å². The van der Waals surface area contributed by atoms with Crippen LogP contribution in [0, 0.1) is 0 Å². The fraction of sp³-hybridized carbons (Fsp3) is 0.125. The number of rotatable bonds is 4. The second-order valence-corrected chi connectivity index (χ2v) is 4.66. The highest BCUT2D eigenvalue weighted by Crippen LogP contribution is 2.17. The maximum Gasteiger partial charge on any atom is 0.340 e. The molecule has 0 amide bonds. The molecule has 0 unspecified atom stereocenters. The summed E-state index contributed by atoms with van der Waals surface area (Å²) < 4.78 is 5.16. The molecule has 0 spiro atoms. The Labute approximate surface area is 122 Å². The molecule has 1 atom stereocenters. The van der Waals surface area contributed by atoms with Gasteiger partial charge in [-0.25, -0.2) is 4.79 Å². The predicted octanol–water partition coefficient (Wildman–Crippen LogP) is 3.77. The zero-order valence-electron chi connectivity index (χ0n) is 10.9. The summed E-state index contributed by atoms with van der Waals surface area (Å²) in [6.07, 6.45) is -0.860. The molecule has 0 heterocycles. The van der Waals surface area contributed by atoms with Crippen LogP contribution in [0.1, 0.15) is 27.6 Å². The number of ketones is 1. The van der Waals surface area contributed by atoms with E-state index in [-0.39, 0.29) is 11.3 Å². The SMILES string of the molecule is C[C@@H](OC(=O)c1ccccc1Cl)C(=O)c1ccccc1. The first-order chi connectivity index (χ1) is 9.59. The van der Waals surface area contributed by atoms with Crippen molar-refractivity contribution in [3.63, 3.8) is 0 Å². The van der Waals surface area contributed by atoms with Crippen molar-refractivity contribution in [3.8, 4) is 0 Å². The molecule has 2 rings (SSSR count). The van der Waals surface area contributed by atoms with E-state index in [0.29, 0.717) is 10.6 Å². The van der Waals surface area contributed by atoms with Crippen LogP contribution < -0.4 is 0 Å². The molecule has 0 aliphatic heterocycles. The van der Waals surface area contributed by atoms with Crippen LogP contribution in [0.4, 0.5) is 0 Å². The summed E-state index contributed by atoms with van der Waals surface area (Å²) in [5, 5.41) is 0.303. The third-order valence-electron chi connectivity index (χ3n) is 2.81. The lowest BCUT2D eigenvalue weighted by atomic mass is 10.1. The molecule has 3 nitrogen and oxygen atoms in total. The summed E-state index contributed by atoms with van der Waals surface area (Å²) in [6.45, 7) is 1.55. The van der Waals surface area contributed by atoms with Gasteiger partial charge in [-0.3, -0.25) is 4.79 Å². The van der Waals surface area contributed by atoms with Crippen molar-refractivity contribution in [2.24, 2.45) is 0 Å². The third-order valence-corrected chi connectivity index (χ3v) is 3.13. The van der Waals surface area contributed by atoms with E-state index in [1.165, 1.54) is 0 Å². The van der Waals surface area contributed by atoms with Gasteiger partial charge >= 0.3 is 5.97 Å². The van der Waals surface area contributed by atoms with E-state index in [9.17, 15) is 9.59 Å². The highest BCUT2D eigenvalue weighted by Gasteiger charge is 2.21. The van der Waals surface area contributed by atoms with E-state index in [1.54, 1.807) is 55.5 Å². The molecule has 2 aromatic rings. The quantitative estimate of drug-likeness (QED) is 0.635. The van der Waals surface area contributed by atoms with E-state index in [4.69, 9.17) is 16.3 Å². The Balaban J connectivity index is 2.09. The Morgan fingerprint density at radius 2 is 1.60 bits per heavy atom. The molecular formula is C16H13ClO3. The molecular weight excluding hydrogens is 276 g/mol. The molecule has 0 radical (unpaired) electrons. The van der Waals surface area contributed by atoms with Gasteiger partial charge in [-0.1, -0.05) is 54.1 Å². The Hall–Kier alpha value is -2.13. The standard InChI is InChI=1S/C16H13ClO3/c1-11(15(18)12-7-3-2-4-8-12)20-16(19)13-9-5-6-10-14(13)17/h2-11H,1H3/t11-/m1/s1. The number of hydrogen-bond acceptors (Lipinski definition) is 3. The Bertz CT molecular complexity index is 623. The van der Waals surface area contributed by atoms with E-state index in [1.807, 2.05) is 6.07 Å². The molecule has 102 valence electrons. The van der Waals surface area contributed by atoms with Gasteiger partial charge in [-0.2, -0.15) is 0 Å². The minimum atomic E-state index is -0.860. The number of carbonyl (C=O) groups is 2. The summed E-state index contributed by atoms with van der Waals surface area (Å²) in [4.78, 5) is 24.0. The van der Waals surface area contributed by atoms with Gasteiger partial charge in [-0.15, -0.1) is 0 Å². The van der Waals surface area contributed by atoms with Crippen molar-refractivity contribution in [1.82, 2.24) is 0 Å². The number of ether oxygens (including phenoxy) is 1. The van der Waals surface area contributed by atoms with Gasteiger partial charge < -0.3 is 4.74 Å². The Morgan fingerprint density at radius 3 is 2.25 bits per heavy atom. The Kier molecular flexibility index (Phi) is 4.53. The van der Waals surface area contributed by atoms with Crippen LogP contribution in [0.25, 0.3) is 0 Å². The molecule has 0 saturated heterocycles. The van der Waals surface area contributed by atoms with Crippen molar-refractivity contribution < 1.29 is 14.3 Å². The molecule has 2 aromatic carbocycles. The smallest absolute Gasteiger partial charge is 0.340 e. The van der Waals surface area contributed by atoms with Gasteiger partial charge in [0.25, 0.3) is 0 Å². The van der Waals surface area contributed by atoms with Crippen molar-refractivity contribution in [2.75, 3.05) is 0 Å².